The molecule has 0 unspecified atom stereocenters. The molecule has 0 amide bonds. The SMILES string of the molecule is COc1ccc(C(=O)/C=C/c2cccc(Br)c2)cc1CSCC(=O)O. The molecule has 0 saturated carbocycles. The van der Waals surface area contributed by atoms with Crippen molar-refractivity contribution in [2.75, 3.05) is 12.9 Å². The average molecular weight is 421 g/mol. The lowest BCUT2D eigenvalue weighted by atomic mass is 10.1. The number of methoxy groups -OCH3 is 1. The van der Waals surface area contributed by atoms with E-state index in [9.17, 15) is 9.59 Å². The van der Waals surface area contributed by atoms with Crippen molar-refractivity contribution in [1.82, 2.24) is 0 Å². The second-order valence-corrected chi connectivity index (χ2v) is 7.07. The van der Waals surface area contributed by atoms with Crippen LogP contribution in [-0.2, 0) is 10.5 Å². The van der Waals surface area contributed by atoms with Gasteiger partial charge in [0.2, 0.25) is 0 Å². The predicted octanol–water partition coefficient (Wildman–Crippen LogP) is 4.67. The van der Waals surface area contributed by atoms with Gasteiger partial charge in [-0.05, 0) is 42.0 Å². The minimum Gasteiger partial charge on any atom is -0.496 e. The van der Waals surface area contributed by atoms with Crippen LogP contribution in [0.2, 0.25) is 0 Å². The van der Waals surface area contributed by atoms with Crippen LogP contribution in [-0.4, -0.2) is 29.7 Å². The Morgan fingerprint density at radius 2 is 2.04 bits per heavy atom. The second-order valence-electron chi connectivity index (χ2n) is 5.17. The quantitative estimate of drug-likeness (QED) is 0.496. The van der Waals surface area contributed by atoms with E-state index >= 15 is 0 Å². The lowest BCUT2D eigenvalue weighted by molar-refractivity contribution is -0.133. The first-order valence-corrected chi connectivity index (χ1v) is 9.39. The van der Waals surface area contributed by atoms with Gasteiger partial charge in [-0.15, -0.1) is 11.8 Å². The summed E-state index contributed by atoms with van der Waals surface area (Å²) in [5.74, 6) is 0.126. The fourth-order valence-electron chi connectivity index (χ4n) is 2.17. The second kappa shape index (κ2) is 9.44. The van der Waals surface area contributed by atoms with E-state index in [1.165, 1.54) is 17.8 Å². The molecule has 0 atom stereocenters. The Balaban J connectivity index is 2.14. The number of aliphatic carboxylic acids is 1. The third-order valence-electron chi connectivity index (χ3n) is 3.32. The molecule has 0 aliphatic carbocycles. The highest BCUT2D eigenvalue weighted by atomic mass is 79.9. The number of benzene rings is 2. The highest BCUT2D eigenvalue weighted by molar-refractivity contribution is 9.10. The fourth-order valence-corrected chi connectivity index (χ4v) is 3.31. The number of thioether (sulfide) groups is 1. The van der Waals surface area contributed by atoms with E-state index in [2.05, 4.69) is 15.9 Å². The van der Waals surface area contributed by atoms with Crippen LogP contribution < -0.4 is 4.74 Å². The smallest absolute Gasteiger partial charge is 0.313 e. The van der Waals surface area contributed by atoms with Crippen molar-refractivity contribution >= 4 is 45.5 Å². The molecule has 0 fully saturated rings. The Kier molecular flexibility index (Phi) is 7.28. The number of hydrogen-bond donors (Lipinski definition) is 1. The van der Waals surface area contributed by atoms with Crippen molar-refractivity contribution in [3.05, 3.63) is 69.7 Å². The van der Waals surface area contributed by atoms with Crippen LogP contribution in [0.1, 0.15) is 21.5 Å². The summed E-state index contributed by atoms with van der Waals surface area (Å²) in [6.45, 7) is 0. The molecular weight excluding hydrogens is 404 g/mol. The van der Waals surface area contributed by atoms with Crippen LogP contribution in [0.25, 0.3) is 6.08 Å². The van der Waals surface area contributed by atoms with Crippen LogP contribution in [0.3, 0.4) is 0 Å². The number of allylic oxidation sites excluding steroid dienone is 1. The Labute approximate surface area is 159 Å². The number of carboxylic acids is 1. The molecule has 130 valence electrons. The van der Waals surface area contributed by atoms with Crippen LogP contribution >= 0.6 is 27.7 Å². The molecule has 0 heterocycles. The fraction of sp³-hybridized carbons (Fsp3) is 0.158. The van der Waals surface area contributed by atoms with Gasteiger partial charge in [-0.1, -0.05) is 34.1 Å². The van der Waals surface area contributed by atoms with Gasteiger partial charge in [-0.3, -0.25) is 9.59 Å². The monoisotopic (exact) mass is 420 g/mol. The number of carbonyl (C=O) groups is 2. The van der Waals surface area contributed by atoms with Gasteiger partial charge in [0.15, 0.2) is 5.78 Å². The summed E-state index contributed by atoms with van der Waals surface area (Å²) in [4.78, 5) is 23.0. The molecule has 0 aliphatic rings. The van der Waals surface area contributed by atoms with Gasteiger partial charge in [0.1, 0.15) is 5.75 Å². The van der Waals surface area contributed by atoms with E-state index < -0.39 is 5.97 Å². The van der Waals surface area contributed by atoms with Crippen molar-refractivity contribution in [2.24, 2.45) is 0 Å². The Bertz CT molecular complexity index is 802. The van der Waals surface area contributed by atoms with Gasteiger partial charge in [0.05, 0.1) is 12.9 Å². The first-order valence-electron chi connectivity index (χ1n) is 7.44. The minimum absolute atomic E-state index is 0.00408. The zero-order chi connectivity index (χ0) is 18.2. The summed E-state index contributed by atoms with van der Waals surface area (Å²) in [5.41, 5.74) is 2.27. The first-order chi connectivity index (χ1) is 12.0. The van der Waals surface area contributed by atoms with E-state index in [1.54, 1.807) is 31.4 Å². The van der Waals surface area contributed by atoms with Crippen LogP contribution in [0, 0.1) is 0 Å². The molecule has 0 saturated heterocycles. The average Bonchev–Trinajstić information content (AvgIpc) is 2.59. The summed E-state index contributed by atoms with van der Waals surface area (Å²) < 4.78 is 6.23. The van der Waals surface area contributed by atoms with Gasteiger partial charge in [0, 0.05) is 21.4 Å². The molecule has 1 N–H and O–H groups in total. The molecule has 2 rings (SSSR count). The summed E-state index contributed by atoms with van der Waals surface area (Å²) in [5, 5.41) is 8.74. The van der Waals surface area contributed by atoms with Crippen molar-refractivity contribution in [3.63, 3.8) is 0 Å². The molecule has 0 spiro atoms. The van der Waals surface area contributed by atoms with E-state index in [4.69, 9.17) is 9.84 Å². The van der Waals surface area contributed by atoms with E-state index in [-0.39, 0.29) is 11.5 Å². The summed E-state index contributed by atoms with van der Waals surface area (Å²) >= 11 is 4.66. The number of halogens is 1. The van der Waals surface area contributed by atoms with E-state index in [0.717, 1.165) is 15.6 Å². The van der Waals surface area contributed by atoms with E-state index in [0.29, 0.717) is 17.1 Å². The normalized spacial score (nSPS) is 10.8. The van der Waals surface area contributed by atoms with Crippen molar-refractivity contribution in [2.45, 2.75) is 5.75 Å². The van der Waals surface area contributed by atoms with Crippen molar-refractivity contribution in [3.8, 4) is 5.75 Å². The van der Waals surface area contributed by atoms with Crippen LogP contribution in [0.15, 0.2) is 53.0 Å². The molecule has 0 aliphatic heterocycles. The lowest BCUT2D eigenvalue weighted by Crippen LogP contribution is -2.01. The van der Waals surface area contributed by atoms with Gasteiger partial charge in [-0.25, -0.2) is 0 Å². The number of carboxylic acid groups (broad SMARTS) is 1. The van der Waals surface area contributed by atoms with Crippen molar-refractivity contribution in [1.29, 1.82) is 0 Å². The van der Waals surface area contributed by atoms with Crippen LogP contribution in [0.5, 0.6) is 5.75 Å². The summed E-state index contributed by atoms with van der Waals surface area (Å²) in [7, 11) is 1.55. The molecule has 0 aromatic heterocycles. The molecular formula is C19H17BrO4S. The lowest BCUT2D eigenvalue weighted by Gasteiger charge is -2.09. The molecule has 6 heteroatoms. The summed E-state index contributed by atoms with van der Waals surface area (Å²) in [6.07, 6.45) is 3.29. The molecule has 25 heavy (non-hydrogen) atoms. The number of hydrogen-bond acceptors (Lipinski definition) is 4. The van der Waals surface area contributed by atoms with Gasteiger partial charge >= 0.3 is 5.97 Å². The maximum absolute atomic E-state index is 12.4. The number of ether oxygens (including phenoxy) is 1. The topological polar surface area (TPSA) is 63.6 Å². The van der Waals surface area contributed by atoms with E-state index in [1.807, 2.05) is 24.3 Å². The Morgan fingerprint density at radius 1 is 1.24 bits per heavy atom. The molecule has 4 nitrogen and oxygen atoms in total. The maximum atomic E-state index is 12.4. The molecule has 0 radical (unpaired) electrons. The third kappa shape index (κ3) is 6.07. The zero-order valence-electron chi connectivity index (χ0n) is 13.6. The van der Waals surface area contributed by atoms with Crippen molar-refractivity contribution < 1.29 is 19.4 Å². The van der Waals surface area contributed by atoms with Gasteiger partial charge < -0.3 is 9.84 Å². The first kappa shape index (κ1) is 19.3. The highest BCUT2D eigenvalue weighted by Crippen LogP contribution is 2.25. The minimum atomic E-state index is -0.867. The number of rotatable bonds is 8. The largest absolute Gasteiger partial charge is 0.496 e. The Morgan fingerprint density at radius 3 is 2.72 bits per heavy atom. The number of ketones is 1. The number of carbonyl (C=O) groups excluding carboxylic acids is 1. The summed E-state index contributed by atoms with van der Waals surface area (Å²) in [6, 6.07) is 12.8. The van der Waals surface area contributed by atoms with Crippen LogP contribution in [0.4, 0.5) is 0 Å². The van der Waals surface area contributed by atoms with Gasteiger partial charge in [0.25, 0.3) is 0 Å². The molecule has 0 bridgehead atoms. The maximum Gasteiger partial charge on any atom is 0.313 e. The molecule has 2 aromatic carbocycles. The highest BCUT2D eigenvalue weighted by Gasteiger charge is 2.09. The third-order valence-corrected chi connectivity index (χ3v) is 4.78. The van der Waals surface area contributed by atoms with Gasteiger partial charge in [-0.2, -0.15) is 0 Å². The zero-order valence-corrected chi connectivity index (χ0v) is 16.0. The molecule has 2 aromatic rings. The standard InChI is InChI=1S/C19H17BrO4S/c1-24-18-8-6-14(10-15(18)11-25-12-19(22)23)17(21)7-5-13-3-2-4-16(20)9-13/h2-10H,11-12H2,1H3,(H,22,23)/b7-5+. The Hall–Kier alpha value is -2.05. The predicted molar refractivity (Wildman–Crippen MR) is 104 cm³/mol.